The van der Waals surface area contributed by atoms with E-state index in [1.165, 1.54) is 11.2 Å². The van der Waals surface area contributed by atoms with Gasteiger partial charge in [-0.05, 0) is 11.6 Å². The van der Waals surface area contributed by atoms with E-state index in [0.717, 1.165) is 5.56 Å². The molecule has 1 unspecified atom stereocenters. The Bertz CT molecular complexity index is 1050. The molecule has 0 radical (unpaired) electrons. The number of anilines is 1. The number of carbonyl (C=O) groups excluding carboxylic acids is 2. The highest BCUT2D eigenvalue weighted by Crippen LogP contribution is 2.34. The maximum absolute atomic E-state index is 12.4. The summed E-state index contributed by atoms with van der Waals surface area (Å²) in [6.45, 7) is 0. The van der Waals surface area contributed by atoms with Gasteiger partial charge in [0.2, 0.25) is 11.9 Å². The van der Waals surface area contributed by atoms with E-state index >= 15 is 0 Å². The molecule has 3 aromatic rings. The summed E-state index contributed by atoms with van der Waals surface area (Å²) in [6, 6.07) is 6.85. The van der Waals surface area contributed by atoms with E-state index in [1.54, 1.807) is 19.2 Å². The summed E-state index contributed by atoms with van der Waals surface area (Å²) in [4.78, 5) is 51.2. The Hall–Kier alpha value is -3.49. The first-order valence-electron chi connectivity index (χ1n) is 7.64. The Morgan fingerprint density at radius 2 is 2.12 bits per heavy atom. The third-order valence-electron chi connectivity index (χ3n) is 4.27. The SMILES string of the molecule is CN1C(=O)c2ccccc2C1CC(=O)Nc1nc2nc[nH]c2c(=O)[nH]1. The number of imidazole rings is 1. The summed E-state index contributed by atoms with van der Waals surface area (Å²) in [6.07, 6.45) is 1.41. The van der Waals surface area contributed by atoms with Crippen molar-refractivity contribution in [1.82, 2.24) is 24.8 Å². The lowest BCUT2D eigenvalue weighted by molar-refractivity contribution is -0.117. The van der Waals surface area contributed by atoms with Crippen LogP contribution in [0.25, 0.3) is 11.2 Å². The van der Waals surface area contributed by atoms with Gasteiger partial charge in [-0.2, -0.15) is 4.98 Å². The molecule has 4 rings (SSSR count). The quantitative estimate of drug-likeness (QED) is 0.652. The number of hydrogen-bond donors (Lipinski definition) is 3. The van der Waals surface area contributed by atoms with E-state index < -0.39 is 5.56 Å². The molecule has 126 valence electrons. The van der Waals surface area contributed by atoms with Crippen molar-refractivity contribution in [2.45, 2.75) is 12.5 Å². The molecule has 0 saturated carbocycles. The first kappa shape index (κ1) is 15.1. The second-order valence-electron chi connectivity index (χ2n) is 5.79. The number of aromatic amines is 2. The molecule has 3 N–H and O–H groups in total. The highest BCUT2D eigenvalue weighted by molar-refractivity contribution is 6.00. The second kappa shape index (κ2) is 5.55. The summed E-state index contributed by atoms with van der Waals surface area (Å²) in [7, 11) is 1.66. The molecule has 2 amide bonds. The number of rotatable bonds is 3. The highest BCUT2D eigenvalue weighted by Gasteiger charge is 2.35. The third kappa shape index (κ3) is 2.45. The Kier molecular flexibility index (Phi) is 3.34. The van der Waals surface area contributed by atoms with Crippen molar-refractivity contribution in [2.75, 3.05) is 12.4 Å². The summed E-state index contributed by atoms with van der Waals surface area (Å²) < 4.78 is 0. The lowest BCUT2D eigenvalue weighted by Crippen LogP contribution is -2.27. The fourth-order valence-corrected chi connectivity index (χ4v) is 3.03. The molecule has 0 fully saturated rings. The van der Waals surface area contributed by atoms with Crippen molar-refractivity contribution >= 4 is 28.9 Å². The van der Waals surface area contributed by atoms with E-state index in [9.17, 15) is 14.4 Å². The van der Waals surface area contributed by atoms with Crippen LogP contribution in [0.5, 0.6) is 0 Å². The third-order valence-corrected chi connectivity index (χ3v) is 4.27. The maximum atomic E-state index is 12.4. The molecule has 0 spiro atoms. The topological polar surface area (TPSA) is 124 Å². The molecule has 1 atom stereocenters. The largest absolute Gasteiger partial charge is 0.339 e. The minimum atomic E-state index is -0.420. The number of H-pyrrole nitrogens is 2. The molecule has 25 heavy (non-hydrogen) atoms. The number of carbonyl (C=O) groups is 2. The van der Waals surface area contributed by atoms with E-state index in [-0.39, 0.29) is 41.4 Å². The molecule has 3 heterocycles. The fourth-order valence-electron chi connectivity index (χ4n) is 3.03. The first-order valence-corrected chi connectivity index (χ1v) is 7.64. The van der Waals surface area contributed by atoms with Crippen LogP contribution >= 0.6 is 0 Å². The Morgan fingerprint density at radius 3 is 2.96 bits per heavy atom. The molecule has 0 saturated heterocycles. The standard InChI is InChI=1S/C16H14N6O3/c1-22-10(8-4-2-3-5-9(8)15(22)25)6-11(23)19-16-20-13-12(14(24)21-16)17-7-18-13/h2-5,7,10H,6H2,1H3,(H3,17,18,19,20,21,23,24). The molecule has 1 aliphatic rings. The maximum Gasteiger partial charge on any atom is 0.278 e. The predicted molar refractivity (Wildman–Crippen MR) is 89.0 cm³/mol. The molecule has 0 aliphatic carbocycles. The van der Waals surface area contributed by atoms with E-state index in [1.807, 2.05) is 12.1 Å². The van der Waals surface area contributed by atoms with Crippen LogP contribution < -0.4 is 10.9 Å². The molecule has 0 bridgehead atoms. The van der Waals surface area contributed by atoms with Crippen molar-refractivity contribution in [3.63, 3.8) is 0 Å². The van der Waals surface area contributed by atoms with Crippen LogP contribution in [0, 0.1) is 0 Å². The van der Waals surface area contributed by atoms with Crippen molar-refractivity contribution in [1.29, 1.82) is 0 Å². The smallest absolute Gasteiger partial charge is 0.278 e. The highest BCUT2D eigenvalue weighted by atomic mass is 16.2. The normalized spacial score (nSPS) is 16.3. The zero-order valence-electron chi connectivity index (χ0n) is 13.2. The van der Waals surface area contributed by atoms with Gasteiger partial charge in [0, 0.05) is 12.6 Å². The Morgan fingerprint density at radius 1 is 1.32 bits per heavy atom. The van der Waals surface area contributed by atoms with Crippen LogP contribution in [-0.4, -0.2) is 43.7 Å². The molecule has 1 aromatic carbocycles. The average Bonchev–Trinajstić information content (AvgIpc) is 3.15. The predicted octanol–water partition coefficient (Wildman–Crippen LogP) is 0.802. The van der Waals surface area contributed by atoms with Crippen LogP contribution in [-0.2, 0) is 4.79 Å². The number of aromatic nitrogens is 4. The van der Waals surface area contributed by atoms with Crippen molar-refractivity contribution in [2.24, 2.45) is 0 Å². The molecule has 2 aromatic heterocycles. The minimum Gasteiger partial charge on any atom is -0.339 e. The number of nitrogens with zero attached hydrogens (tertiary/aromatic N) is 3. The van der Waals surface area contributed by atoms with Gasteiger partial charge >= 0.3 is 0 Å². The van der Waals surface area contributed by atoms with E-state index in [2.05, 4.69) is 25.3 Å². The summed E-state index contributed by atoms with van der Waals surface area (Å²) >= 11 is 0. The van der Waals surface area contributed by atoms with Crippen LogP contribution in [0.3, 0.4) is 0 Å². The molecular weight excluding hydrogens is 324 g/mol. The zero-order chi connectivity index (χ0) is 17.6. The van der Waals surface area contributed by atoms with Crippen molar-refractivity contribution < 1.29 is 9.59 Å². The van der Waals surface area contributed by atoms with Crippen LogP contribution in [0.4, 0.5) is 5.95 Å². The van der Waals surface area contributed by atoms with Gasteiger partial charge in [0.05, 0.1) is 18.8 Å². The molecule has 1 aliphatic heterocycles. The average molecular weight is 338 g/mol. The lowest BCUT2D eigenvalue weighted by Gasteiger charge is -2.20. The Labute approximate surface area is 141 Å². The second-order valence-corrected chi connectivity index (χ2v) is 5.79. The molecule has 9 heteroatoms. The molecular formula is C16H14N6O3. The number of nitrogens with one attached hydrogen (secondary N) is 3. The van der Waals surface area contributed by atoms with Gasteiger partial charge in [0.1, 0.15) is 0 Å². The monoisotopic (exact) mass is 338 g/mol. The van der Waals surface area contributed by atoms with Gasteiger partial charge in [-0.15, -0.1) is 0 Å². The number of fused-ring (bicyclic) bond motifs is 2. The van der Waals surface area contributed by atoms with E-state index in [0.29, 0.717) is 5.56 Å². The van der Waals surface area contributed by atoms with Gasteiger partial charge < -0.3 is 9.88 Å². The first-order chi connectivity index (χ1) is 12.0. The van der Waals surface area contributed by atoms with Gasteiger partial charge in [-0.1, -0.05) is 18.2 Å². The summed E-state index contributed by atoms with van der Waals surface area (Å²) in [5, 5.41) is 2.56. The van der Waals surface area contributed by atoms with Crippen LogP contribution in [0.1, 0.15) is 28.4 Å². The summed E-state index contributed by atoms with van der Waals surface area (Å²) in [5.41, 5.74) is 1.46. The van der Waals surface area contributed by atoms with Gasteiger partial charge in [-0.25, -0.2) is 4.98 Å². The van der Waals surface area contributed by atoms with Gasteiger partial charge in [-0.3, -0.25) is 24.7 Å². The molecule has 9 nitrogen and oxygen atoms in total. The fraction of sp³-hybridized carbons (Fsp3) is 0.188. The number of hydrogen-bond acceptors (Lipinski definition) is 5. The Balaban J connectivity index is 1.56. The van der Waals surface area contributed by atoms with Crippen LogP contribution in [0.15, 0.2) is 35.4 Å². The summed E-state index contributed by atoms with van der Waals surface area (Å²) in [5.74, 6) is -0.452. The lowest BCUT2D eigenvalue weighted by atomic mass is 10.0. The zero-order valence-corrected chi connectivity index (χ0v) is 13.2. The van der Waals surface area contributed by atoms with Gasteiger partial charge in [0.15, 0.2) is 11.2 Å². The number of amides is 2. The van der Waals surface area contributed by atoms with Gasteiger partial charge in [0.25, 0.3) is 11.5 Å². The van der Waals surface area contributed by atoms with Crippen LogP contribution in [0.2, 0.25) is 0 Å². The van der Waals surface area contributed by atoms with E-state index in [4.69, 9.17) is 0 Å². The number of benzene rings is 1. The van der Waals surface area contributed by atoms with Crippen molar-refractivity contribution in [3.05, 3.63) is 52.1 Å². The van der Waals surface area contributed by atoms with Crippen molar-refractivity contribution in [3.8, 4) is 0 Å². The minimum absolute atomic E-state index is 0.0230.